The zero-order valence-electron chi connectivity index (χ0n) is 11.1. The van der Waals surface area contributed by atoms with Gasteiger partial charge in [0, 0.05) is 19.2 Å². The van der Waals surface area contributed by atoms with Crippen molar-refractivity contribution in [2.75, 3.05) is 26.8 Å². The Morgan fingerprint density at radius 3 is 2.75 bits per heavy atom. The second kappa shape index (κ2) is 4.28. The fourth-order valence-electron chi connectivity index (χ4n) is 2.98. The van der Waals surface area contributed by atoms with Gasteiger partial charge in [0.15, 0.2) is 0 Å². The molecule has 0 radical (unpaired) electrons. The summed E-state index contributed by atoms with van der Waals surface area (Å²) in [6.45, 7) is 9.55. The van der Waals surface area contributed by atoms with Crippen LogP contribution in [0, 0.1) is 0 Å². The summed E-state index contributed by atoms with van der Waals surface area (Å²) in [4.78, 5) is 2.58. The van der Waals surface area contributed by atoms with Crippen LogP contribution in [0.25, 0.3) is 0 Å². The smallest absolute Gasteiger partial charge is 0.0716 e. The van der Waals surface area contributed by atoms with Crippen LogP contribution in [0.15, 0.2) is 0 Å². The maximum Gasteiger partial charge on any atom is 0.0716 e. The van der Waals surface area contributed by atoms with E-state index in [1.807, 2.05) is 7.11 Å². The molecule has 0 bridgehead atoms. The summed E-state index contributed by atoms with van der Waals surface area (Å²) >= 11 is 0. The normalized spacial score (nSPS) is 35.6. The lowest BCUT2D eigenvalue weighted by molar-refractivity contribution is -0.0530. The summed E-state index contributed by atoms with van der Waals surface area (Å²) in [5.74, 6) is 0. The molecule has 3 heteroatoms. The summed E-state index contributed by atoms with van der Waals surface area (Å²) < 4.78 is 11.5. The van der Waals surface area contributed by atoms with E-state index in [0.29, 0.717) is 6.10 Å². The van der Waals surface area contributed by atoms with E-state index in [1.165, 1.54) is 19.4 Å². The van der Waals surface area contributed by atoms with Gasteiger partial charge in [-0.2, -0.15) is 0 Å². The van der Waals surface area contributed by atoms with E-state index in [-0.39, 0.29) is 11.1 Å². The van der Waals surface area contributed by atoms with Crippen LogP contribution in [0.1, 0.15) is 40.0 Å². The lowest BCUT2D eigenvalue weighted by Crippen LogP contribution is -2.44. The first-order valence-electron chi connectivity index (χ1n) is 6.37. The van der Waals surface area contributed by atoms with Crippen molar-refractivity contribution in [1.82, 2.24) is 4.90 Å². The Balaban J connectivity index is 1.99. The average Bonchev–Trinajstić information content (AvgIpc) is 2.69. The molecule has 0 aromatic rings. The van der Waals surface area contributed by atoms with Crippen molar-refractivity contribution >= 4 is 0 Å². The summed E-state index contributed by atoms with van der Waals surface area (Å²) in [5, 5.41) is 0. The molecule has 16 heavy (non-hydrogen) atoms. The van der Waals surface area contributed by atoms with E-state index in [1.54, 1.807) is 0 Å². The molecule has 94 valence electrons. The number of rotatable bonds is 3. The largest absolute Gasteiger partial charge is 0.380 e. The van der Waals surface area contributed by atoms with Gasteiger partial charge in [0.2, 0.25) is 0 Å². The van der Waals surface area contributed by atoms with E-state index in [0.717, 1.165) is 19.6 Å². The van der Waals surface area contributed by atoms with Crippen LogP contribution < -0.4 is 0 Å². The van der Waals surface area contributed by atoms with Gasteiger partial charge in [-0.1, -0.05) is 0 Å². The molecule has 0 aliphatic carbocycles. The van der Waals surface area contributed by atoms with Gasteiger partial charge in [0.1, 0.15) is 0 Å². The molecule has 2 aliphatic heterocycles. The van der Waals surface area contributed by atoms with Gasteiger partial charge in [-0.25, -0.2) is 0 Å². The van der Waals surface area contributed by atoms with Gasteiger partial charge in [-0.3, -0.25) is 4.90 Å². The van der Waals surface area contributed by atoms with Gasteiger partial charge >= 0.3 is 0 Å². The Labute approximate surface area is 99.1 Å². The number of nitrogens with zero attached hydrogens (tertiary/aromatic N) is 1. The zero-order valence-corrected chi connectivity index (χ0v) is 11.1. The summed E-state index contributed by atoms with van der Waals surface area (Å²) in [6.07, 6.45) is 4.12. The SMILES string of the molecule is COC1CN2CCC[C@@]2(COC(C)(C)C)C1. The molecule has 0 spiro atoms. The molecule has 2 heterocycles. The quantitative estimate of drug-likeness (QED) is 0.736. The number of ether oxygens (including phenoxy) is 2. The Morgan fingerprint density at radius 1 is 1.38 bits per heavy atom. The van der Waals surface area contributed by atoms with Crippen LogP contribution in [0.3, 0.4) is 0 Å². The molecule has 1 unspecified atom stereocenters. The topological polar surface area (TPSA) is 21.7 Å². The fourth-order valence-corrected chi connectivity index (χ4v) is 2.98. The third-order valence-electron chi connectivity index (χ3n) is 3.88. The van der Waals surface area contributed by atoms with E-state index < -0.39 is 0 Å². The van der Waals surface area contributed by atoms with E-state index in [2.05, 4.69) is 25.7 Å². The molecular formula is C13H25NO2. The van der Waals surface area contributed by atoms with Crippen LogP contribution in [0.4, 0.5) is 0 Å². The highest BCUT2D eigenvalue weighted by molar-refractivity contribution is 5.04. The van der Waals surface area contributed by atoms with Crippen LogP contribution in [-0.2, 0) is 9.47 Å². The van der Waals surface area contributed by atoms with Crippen LogP contribution in [0.2, 0.25) is 0 Å². The van der Waals surface area contributed by atoms with Crippen LogP contribution >= 0.6 is 0 Å². The van der Waals surface area contributed by atoms with Gasteiger partial charge in [0.05, 0.1) is 18.3 Å². The molecule has 3 nitrogen and oxygen atoms in total. The zero-order chi connectivity index (χ0) is 11.8. The number of fused-ring (bicyclic) bond motifs is 1. The third-order valence-corrected chi connectivity index (χ3v) is 3.88. The lowest BCUT2D eigenvalue weighted by atomic mass is 9.94. The Hall–Kier alpha value is -0.120. The predicted molar refractivity (Wildman–Crippen MR) is 64.7 cm³/mol. The van der Waals surface area contributed by atoms with Gasteiger partial charge < -0.3 is 9.47 Å². The Kier molecular flexibility index (Phi) is 3.30. The van der Waals surface area contributed by atoms with E-state index in [9.17, 15) is 0 Å². The molecule has 0 N–H and O–H groups in total. The monoisotopic (exact) mass is 227 g/mol. The van der Waals surface area contributed by atoms with Crippen molar-refractivity contribution in [2.24, 2.45) is 0 Å². The molecular weight excluding hydrogens is 202 g/mol. The second-order valence-electron chi connectivity index (χ2n) is 6.24. The minimum absolute atomic E-state index is 0.0336. The van der Waals surface area contributed by atoms with Crippen molar-refractivity contribution in [3.05, 3.63) is 0 Å². The molecule has 2 atom stereocenters. The van der Waals surface area contributed by atoms with Crippen molar-refractivity contribution in [3.63, 3.8) is 0 Å². The predicted octanol–water partition coefficient (Wildman–Crippen LogP) is 2.05. The highest BCUT2D eigenvalue weighted by Crippen LogP contribution is 2.40. The second-order valence-corrected chi connectivity index (χ2v) is 6.24. The average molecular weight is 227 g/mol. The minimum Gasteiger partial charge on any atom is -0.380 e. The van der Waals surface area contributed by atoms with Gasteiger partial charge in [-0.05, 0) is 46.6 Å². The highest BCUT2D eigenvalue weighted by atomic mass is 16.5. The number of methoxy groups -OCH3 is 1. The minimum atomic E-state index is -0.0336. The molecule has 2 aliphatic rings. The van der Waals surface area contributed by atoms with Crippen molar-refractivity contribution in [1.29, 1.82) is 0 Å². The summed E-state index contributed by atoms with van der Waals surface area (Å²) in [5.41, 5.74) is 0.238. The molecule has 0 aromatic heterocycles. The van der Waals surface area contributed by atoms with Gasteiger partial charge in [-0.15, -0.1) is 0 Å². The highest BCUT2D eigenvalue weighted by Gasteiger charge is 2.49. The number of hydrogen-bond acceptors (Lipinski definition) is 3. The first-order valence-corrected chi connectivity index (χ1v) is 6.37. The van der Waals surface area contributed by atoms with E-state index >= 15 is 0 Å². The standard InChI is InChI=1S/C13H25NO2/c1-12(2,3)16-10-13-6-5-7-14(13)9-11(8-13)15-4/h11H,5-10H2,1-4H3/t11?,13-/m0/s1. The summed E-state index contributed by atoms with van der Waals surface area (Å²) in [6, 6.07) is 0. The first-order chi connectivity index (χ1) is 7.45. The Bertz CT molecular complexity index is 249. The Morgan fingerprint density at radius 2 is 2.12 bits per heavy atom. The van der Waals surface area contributed by atoms with Crippen molar-refractivity contribution < 1.29 is 9.47 Å². The molecule has 2 saturated heterocycles. The summed E-state index contributed by atoms with van der Waals surface area (Å²) in [7, 11) is 1.82. The molecule has 0 aromatic carbocycles. The van der Waals surface area contributed by atoms with Crippen molar-refractivity contribution in [3.8, 4) is 0 Å². The molecule has 2 rings (SSSR count). The third kappa shape index (κ3) is 2.41. The molecule has 0 amide bonds. The van der Waals surface area contributed by atoms with Crippen LogP contribution in [0.5, 0.6) is 0 Å². The van der Waals surface area contributed by atoms with Crippen LogP contribution in [-0.4, -0.2) is 49.0 Å². The lowest BCUT2D eigenvalue weighted by Gasteiger charge is -2.34. The fraction of sp³-hybridized carbons (Fsp3) is 1.00. The first kappa shape index (κ1) is 12.3. The maximum atomic E-state index is 6.01. The molecule has 0 saturated carbocycles. The van der Waals surface area contributed by atoms with Crippen molar-refractivity contribution in [2.45, 2.75) is 57.3 Å². The van der Waals surface area contributed by atoms with E-state index in [4.69, 9.17) is 9.47 Å². The van der Waals surface area contributed by atoms with Gasteiger partial charge in [0.25, 0.3) is 0 Å². The number of hydrogen-bond donors (Lipinski definition) is 0. The maximum absolute atomic E-state index is 6.01. The molecule has 2 fully saturated rings.